The maximum atomic E-state index is 13.3. The molecule has 0 bridgehead atoms. The molecule has 1 aromatic rings. The lowest BCUT2D eigenvalue weighted by atomic mass is 10.2. The van der Waals surface area contributed by atoms with Gasteiger partial charge >= 0.3 is 0 Å². The van der Waals surface area contributed by atoms with Crippen molar-refractivity contribution in [2.75, 3.05) is 0 Å². The van der Waals surface area contributed by atoms with Crippen LogP contribution in [0.15, 0.2) is 41.5 Å². The molecule has 0 saturated heterocycles. The van der Waals surface area contributed by atoms with Gasteiger partial charge < -0.3 is 0 Å². The summed E-state index contributed by atoms with van der Waals surface area (Å²) in [7, 11) is 0. The molecule has 0 unspecified atom stereocenters. The normalized spacial score (nSPS) is 15.1. The van der Waals surface area contributed by atoms with Gasteiger partial charge in [0.15, 0.2) is 0 Å². The van der Waals surface area contributed by atoms with E-state index in [1.807, 2.05) is 0 Å². The monoisotopic (exact) mass is 203 g/mol. The molecule has 0 aromatic heterocycles. The predicted molar refractivity (Wildman–Crippen MR) is 57.3 cm³/mol. The van der Waals surface area contributed by atoms with Gasteiger partial charge in [-0.15, -0.1) is 0 Å². The molecule has 3 nitrogen and oxygen atoms in total. The first-order chi connectivity index (χ1) is 7.18. The van der Waals surface area contributed by atoms with Gasteiger partial charge in [-0.2, -0.15) is 5.10 Å². The summed E-state index contributed by atoms with van der Waals surface area (Å²) in [5.74, 6) is -0.0590. The minimum absolute atomic E-state index is 0.221. The van der Waals surface area contributed by atoms with Crippen LogP contribution >= 0.6 is 0 Å². The molecule has 2 rings (SSSR count). The molecular formula is C11H10FN3. The third-order valence-corrected chi connectivity index (χ3v) is 2.19. The Hall–Kier alpha value is -1.97. The largest absolute Gasteiger partial charge is 0.283 e. The van der Waals surface area contributed by atoms with Gasteiger partial charge in [-0.25, -0.2) is 9.40 Å². The van der Waals surface area contributed by atoms with E-state index in [1.165, 1.54) is 17.3 Å². The number of amidine groups is 1. The quantitative estimate of drug-likeness (QED) is 0.786. The van der Waals surface area contributed by atoms with Gasteiger partial charge in [0.1, 0.15) is 11.7 Å². The van der Waals surface area contributed by atoms with Crippen molar-refractivity contribution in [2.45, 2.75) is 6.54 Å². The van der Waals surface area contributed by atoms with Gasteiger partial charge in [-0.05, 0) is 6.07 Å². The zero-order chi connectivity index (χ0) is 10.8. The first kappa shape index (κ1) is 9.58. The van der Waals surface area contributed by atoms with E-state index in [4.69, 9.17) is 5.41 Å². The molecule has 0 atom stereocenters. The molecule has 0 fully saturated rings. The highest BCUT2D eigenvalue weighted by molar-refractivity contribution is 6.15. The second-order valence-electron chi connectivity index (χ2n) is 3.27. The summed E-state index contributed by atoms with van der Waals surface area (Å²) < 4.78 is 13.3. The van der Waals surface area contributed by atoms with Crippen LogP contribution in [-0.2, 0) is 6.54 Å². The fourth-order valence-corrected chi connectivity index (χ4v) is 1.33. The maximum absolute atomic E-state index is 13.3. The summed E-state index contributed by atoms with van der Waals surface area (Å²) in [6.45, 7) is 3.91. The van der Waals surface area contributed by atoms with Gasteiger partial charge in [-0.1, -0.05) is 24.8 Å². The zero-order valence-corrected chi connectivity index (χ0v) is 8.07. The average Bonchev–Trinajstić information content (AvgIpc) is 2.53. The van der Waals surface area contributed by atoms with Crippen molar-refractivity contribution in [3.05, 3.63) is 47.8 Å². The van der Waals surface area contributed by atoms with Crippen LogP contribution in [0.3, 0.4) is 0 Å². The first-order valence-corrected chi connectivity index (χ1v) is 4.51. The lowest BCUT2D eigenvalue weighted by molar-refractivity contribution is 0.435. The highest BCUT2D eigenvalue weighted by Crippen LogP contribution is 2.14. The van der Waals surface area contributed by atoms with E-state index in [0.29, 0.717) is 11.1 Å². The molecule has 0 radical (unpaired) electrons. The van der Waals surface area contributed by atoms with Crippen LogP contribution in [0.2, 0.25) is 0 Å². The third-order valence-electron chi connectivity index (χ3n) is 2.19. The van der Waals surface area contributed by atoms with Crippen LogP contribution in [0.1, 0.15) is 5.56 Å². The fraction of sp³-hybridized carbons (Fsp3) is 0.0909. The third kappa shape index (κ3) is 1.79. The lowest BCUT2D eigenvalue weighted by Gasteiger charge is -2.14. The molecule has 0 amide bonds. The highest BCUT2D eigenvalue weighted by Gasteiger charge is 2.17. The molecule has 1 heterocycles. The van der Waals surface area contributed by atoms with Crippen LogP contribution in [-0.4, -0.2) is 17.1 Å². The van der Waals surface area contributed by atoms with Gasteiger partial charge in [0.2, 0.25) is 0 Å². The fourth-order valence-electron chi connectivity index (χ4n) is 1.33. The van der Waals surface area contributed by atoms with E-state index in [0.717, 1.165) is 0 Å². The van der Waals surface area contributed by atoms with Crippen molar-refractivity contribution >= 4 is 12.1 Å². The van der Waals surface area contributed by atoms with Crippen LogP contribution in [0.4, 0.5) is 4.39 Å². The van der Waals surface area contributed by atoms with E-state index in [2.05, 4.69) is 11.7 Å². The lowest BCUT2D eigenvalue weighted by Crippen LogP contribution is -2.21. The Kier molecular flexibility index (Phi) is 2.33. The summed E-state index contributed by atoms with van der Waals surface area (Å²) in [4.78, 5) is 0. The van der Waals surface area contributed by atoms with Crippen molar-refractivity contribution in [2.24, 2.45) is 5.10 Å². The van der Waals surface area contributed by atoms with Crippen molar-refractivity contribution < 1.29 is 4.39 Å². The Bertz CT molecular complexity index is 451. The van der Waals surface area contributed by atoms with Crippen LogP contribution < -0.4 is 0 Å². The molecule has 0 aliphatic carbocycles. The number of hydrogen-bond acceptors (Lipinski definition) is 2. The summed E-state index contributed by atoms with van der Waals surface area (Å²) in [6.07, 6.45) is 1.50. The number of hydrogen-bond donors (Lipinski definition) is 1. The molecule has 15 heavy (non-hydrogen) atoms. The average molecular weight is 203 g/mol. The minimum Gasteiger partial charge on any atom is -0.283 e. The maximum Gasteiger partial charge on any atom is 0.149 e. The summed E-state index contributed by atoms with van der Waals surface area (Å²) in [5, 5.41) is 13.0. The molecule has 1 aliphatic heterocycles. The smallest absolute Gasteiger partial charge is 0.149 e. The Morgan fingerprint density at radius 1 is 1.40 bits per heavy atom. The molecule has 1 aliphatic rings. The van der Waals surface area contributed by atoms with Gasteiger partial charge in [0.25, 0.3) is 0 Å². The Morgan fingerprint density at radius 3 is 2.73 bits per heavy atom. The second kappa shape index (κ2) is 3.65. The summed E-state index contributed by atoms with van der Waals surface area (Å²) in [6, 6.07) is 6.47. The summed E-state index contributed by atoms with van der Waals surface area (Å²) in [5.41, 5.74) is 1.07. The molecule has 0 spiro atoms. The number of nitrogens with zero attached hydrogens (tertiary/aromatic N) is 2. The molecule has 1 aromatic carbocycles. The number of hydrazone groups is 1. The molecule has 0 saturated carbocycles. The number of rotatable bonds is 2. The molecule has 1 N–H and O–H groups in total. The van der Waals surface area contributed by atoms with E-state index >= 15 is 0 Å². The van der Waals surface area contributed by atoms with Gasteiger partial charge in [0, 0.05) is 11.1 Å². The number of halogens is 1. The Morgan fingerprint density at radius 2 is 2.13 bits per heavy atom. The topological polar surface area (TPSA) is 39.5 Å². The van der Waals surface area contributed by atoms with Crippen LogP contribution in [0.5, 0.6) is 0 Å². The van der Waals surface area contributed by atoms with E-state index in [1.54, 1.807) is 18.2 Å². The SMILES string of the molecule is C=C1C=NN(Cc2ccccc2F)C1=N. The van der Waals surface area contributed by atoms with Crippen molar-refractivity contribution in [3.8, 4) is 0 Å². The van der Waals surface area contributed by atoms with E-state index in [9.17, 15) is 4.39 Å². The summed E-state index contributed by atoms with van der Waals surface area (Å²) >= 11 is 0. The Labute approximate surface area is 87.0 Å². The molecule has 4 heteroatoms. The highest BCUT2D eigenvalue weighted by atomic mass is 19.1. The molecule has 76 valence electrons. The van der Waals surface area contributed by atoms with Gasteiger partial charge in [-0.3, -0.25) is 5.41 Å². The van der Waals surface area contributed by atoms with E-state index in [-0.39, 0.29) is 18.2 Å². The standard InChI is InChI=1S/C11H10FN3/c1-8-6-14-15(11(8)13)7-9-4-2-3-5-10(9)12/h2-6,13H,1,7H2. The molecular weight excluding hydrogens is 193 g/mol. The number of benzene rings is 1. The Balaban J connectivity index is 2.17. The van der Waals surface area contributed by atoms with Crippen LogP contribution in [0.25, 0.3) is 0 Å². The second-order valence-corrected chi connectivity index (χ2v) is 3.27. The van der Waals surface area contributed by atoms with Crippen molar-refractivity contribution in [1.82, 2.24) is 5.01 Å². The van der Waals surface area contributed by atoms with Crippen molar-refractivity contribution in [3.63, 3.8) is 0 Å². The minimum atomic E-state index is -0.280. The predicted octanol–water partition coefficient (Wildman–Crippen LogP) is 2.16. The number of nitrogens with one attached hydrogen (secondary N) is 1. The van der Waals surface area contributed by atoms with Crippen LogP contribution in [0, 0.1) is 11.2 Å². The zero-order valence-electron chi connectivity index (χ0n) is 8.07. The first-order valence-electron chi connectivity index (χ1n) is 4.51. The van der Waals surface area contributed by atoms with E-state index < -0.39 is 0 Å². The van der Waals surface area contributed by atoms with Crippen molar-refractivity contribution in [1.29, 1.82) is 5.41 Å². The van der Waals surface area contributed by atoms with Gasteiger partial charge in [0.05, 0.1) is 12.8 Å².